The molecular formula is C13H21ClN4. The van der Waals surface area contributed by atoms with E-state index >= 15 is 0 Å². The largest absolute Gasteiger partial charge is 0.308 e. The predicted molar refractivity (Wildman–Crippen MR) is 75.4 cm³/mol. The van der Waals surface area contributed by atoms with Crippen LogP contribution in [0, 0.1) is 0 Å². The van der Waals surface area contributed by atoms with E-state index in [1.807, 2.05) is 6.07 Å². The number of nitrogens with one attached hydrogen (secondary N) is 1. The Hall–Kier alpha value is -0.840. The Morgan fingerprint density at radius 2 is 2.06 bits per heavy atom. The van der Waals surface area contributed by atoms with Gasteiger partial charge in [0.15, 0.2) is 0 Å². The van der Waals surface area contributed by atoms with E-state index in [0.29, 0.717) is 22.9 Å². The summed E-state index contributed by atoms with van der Waals surface area (Å²) in [5.74, 6) is 6.05. The lowest BCUT2D eigenvalue weighted by Crippen LogP contribution is -2.43. The minimum Gasteiger partial charge on any atom is -0.308 e. The summed E-state index contributed by atoms with van der Waals surface area (Å²) in [4.78, 5) is 6.91. The van der Waals surface area contributed by atoms with Crippen molar-refractivity contribution in [1.82, 2.24) is 9.88 Å². The third-order valence-electron chi connectivity index (χ3n) is 3.77. The van der Waals surface area contributed by atoms with E-state index in [-0.39, 0.29) is 0 Å². The number of pyridine rings is 1. The van der Waals surface area contributed by atoms with Gasteiger partial charge < -0.3 is 5.43 Å². The van der Waals surface area contributed by atoms with E-state index in [1.54, 1.807) is 6.07 Å². The molecule has 0 amide bonds. The van der Waals surface area contributed by atoms with Gasteiger partial charge in [-0.1, -0.05) is 18.0 Å². The van der Waals surface area contributed by atoms with Crippen LogP contribution in [0.5, 0.6) is 0 Å². The van der Waals surface area contributed by atoms with E-state index in [1.165, 1.54) is 19.3 Å². The first-order chi connectivity index (χ1) is 8.61. The number of aromatic nitrogens is 1. The first-order valence-corrected chi connectivity index (χ1v) is 6.87. The number of hydrazine groups is 1. The standard InChI is InChI=1S/C13H21ClN4/c1-9-4-3-5-10(2)18(9)8-12-11(14)6-7-13(16-12)17-15/h6-7,9-10H,3-5,8,15H2,1-2H3,(H,16,17). The Kier molecular flexibility index (Phi) is 4.43. The SMILES string of the molecule is CC1CCCC(C)N1Cc1nc(NN)ccc1Cl. The lowest BCUT2D eigenvalue weighted by atomic mass is 9.97. The van der Waals surface area contributed by atoms with E-state index in [2.05, 4.69) is 29.2 Å². The number of hydrogen-bond acceptors (Lipinski definition) is 4. The van der Waals surface area contributed by atoms with E-state index < -0.39 is 0 Å². The Balaban J connectivity index is 2.16. The molecule has 100 valence electrons. The number of piperidine rings is 1. The van der Waals surface area contributed by atoms with Gasteiger partial charge in [0.1, 0.15) is 5.82 Å². The average Bonchev–Trinajstić information content (AvgIpc) is 2.36. The predicted octanol–water partition coefficient (Wildman–Crippen LogP) is 2.78. The van der Waals surface area contributed by atoms with Crippen molar-refractivity contribution >= 4 is 17.4 Å². The van der Waals surface area contributed by atoms with Crippen LogP contribution in [0.25, 0.3) is 0 Å². The van der Waals surface area contributed by atoms with Crippen molar-refractivity contribution in [2.24, 2.45) is 5.84 Å². The molecule has 4 nitrogen and oxygen atoms in total. The normalized spacial score (nSPS) is 25.1. The van der Waals surface area contributed by atoms with Crippen LogP contribution in [0.1, 0.15) is 38.8 Å². The molecule has 2 atom stereocenters. The molecule has 0 saturated carbocycles. The number of nitrogens with zero attached hydrogens (tertiary/aromatic N) is 2. The molecule has 3 N–H and O–H groups in total. The van der Waals surface area contributed by atoms with Gasteiger partial charge in [-0.3, -0.25) is 4.90 Å². The summed E-state index contributed by atoms with van der Waals surface area (Å²) in [6, 6.07) is 4.80. The van der Waals surface area contributed by atoms with Crippen LogP contribution < -0.4 is 11.3 Å². The van der Waals surface area contributed by atoms with E-state index in [9.17, 15) is 0 Å². The summed E-state index contributed by atoms with van der Waals surface area (Å²) < 4.78 is 0. The third kappa shape index (κ3) is 2.94. The molecule has 2 unspecified atom stereocenters. The first kappa shape index (κ1) is 13.6. The summed E-state index contributed by atoms with van der Waals surface area (Å²) in [6.45, 7) is 5.33. The van der Waals surface area contributed by atoms with Crippen LogP contribution >= 0.6 is 11.6 Å². The van der Waals surface area contributed by atoms with Crippen molar-refractivity contribution in [3.63, 3.8) is 0 Å². The molecule has 5 heteroatoms. The number of nitrogen functional groups attached to an aromatic ring is 1. The van der Waals surface area contributed by atoms with Crippen LogP contribution in [0.2, 0.25) is 5.02 Å². The molecule has 2 heterocycles. The Bertz CT molecular complexity index is 400. The van der Waals surface area contributed by atoms with Gasteiger partial charge in [-0.25, -0.2) is 10.8 Å². The van der Waals surface area contributed by atoms with Gasteiger partial charge in [0.05, 0.1) is 10.7 Å². The minimum absolute atomic E-state index is 0.584. The minimum atomic E-state index is 0.584. The molecule has 1 fully saturated rings. The van der Waals surface area contributed by atoms with Gasteiger partial charge >= 0.3 is 0 Å². The van der Waals surface area contributed by atoms with Crippen molar-refractivity contribution in [3.05, 3.63) is 22.8 Å². The molecule has 1 aromatic rings. The molecule has 1 aliphatic rings. The number of anilines is 1. The number of halogens is 1. The third-order valence-corrected chi connectivity index (χ3v) is 4.12. The van der Waals surface area contributed by atoms with Crippen LogP contribution in [0.4, 0.5) is 5.82 Å². The lowest BCUT2D eigenvalue weighted by molar-refractivity contribution is 0.0939. The number of hydrogen-bond donors (Lipinski definition) is 2. The first-order valence-electron chi connectivity index (χ1n) is 6.49. The van der Waals surface area contributed by atoms with Crippen molar-refractivity contribution in [2.45, 2.75) is 51.7 Å². The Morgan fingerprint density at radius 3 is 2.67 bits per heavy atom. The van der Waals surface area contributed by atoms with Gasteiger partial charge in [0, 0.05) is 18.6 Å². The molecule has 0 aromatic carbocycles. The summed E-state index contributed by atoms with van der Waals surface area (Å²) in [7, 11) is 0. The monoisotopic (exact) mass is 268 g/mol. The second-order valence-electron chi connectivity index (χ2n) is 5.07. The Morgan fingerprint density at radius 1 is 1.39 bits per heavy atom. The van der Waals surface area contributed by atoms with Crippen LogP contribution in [-0.4, -0.2) is 22.0 Å². The van der Waals surface area contributed by atoms with Gasteiger partial charge in [-0.2, -0.15) is 0 Å². The van der Waals surface area contributed by atoms with Crippen molar-refractivity contribution in [2.75, 3.05) is 5.43 Å². The Labute approximate surface area is 113 Å². The van der Waals surface area contributed by atoms with Crippen LogP contribution in [0.3, 0.4) is 0 Å². The molecule has 0 spiro atoms. The zero-order chi connectivity index (χ0) is 13.1. The summed E-state index contributed by atoms with van der Waals surface area (Å²) >= 11 is 6.21. The number of likely N-dealkylation sites (tertiary alicyclic amines) is 1. The molecule has 2 rings (SSSR count). The van der Waals surface area contributed by atoms with Crippen LogP contribution in [-0.2, 0) is 6.54 Å². The molecule has 1 aliphatic heterocycles. The number of rotatable bonds is 3. The molecule has 0 bridgehead atoms. The molecule has 0 radical (unpaired) electrons. The molecule has 0 aliphatic carbocycles. The highest BCUT2D eigenvalue weighted by molar-refractivity contribution is 6.31. The maximum atomic E-state index is 6.21. The fraction of sp³-hybridized carbons (Fsp3) is 0.615. The summed E-state index contributed by atoms with van der Waals surface area (Å²) in [6.07, 6.45) is 3.80. The fourth-order valence-corrected chi connectivity index (χ4v) is 2.80. The smallest absolute Gasteiger partial charge is 0.140 e. The summed E-state index contributed by atoms with van der Waals surface area (Å²) in [5.41, 5.74) is 3.46. The number of nitrogens with two attached hydrogens (primary N) is 1. The quantitative estimate of drug-likeness (QED) is 0.654. The molecule has 1 saturated heterocycles. The van der Waals surface area contributed by atoms with E-state index in [0.717, 1.165) is 12.2 Å². The van der Waals surface area contributed by atoms with Crippen LogP contribution in [0.15, 0.2) is 12.1 Å². The zero-order valence-electron chi connectivity index (χ0n) is 11.0. The zero-order valence-corrected chi connectivity index (χ0v) is 11.7. The maximum absolute atomic E-state index is 6.21. The molecule has 1 aromatic heterocycles. The van der Waals surface area contributed by atoms with Gasteiger partial charge in [0.2, 0.25) is 0 Å². The highest BCUT2D eigenvalue weighted by atomic mass is 35.5. The lowest BCUT2D eigenvalue weighted by Gasteiger charge is -2.38. The highest BCUT2D eigenvalue weighted by Gasteiger charge is 2.25. The summed E-state index contributed by atoms with van der Waals surface area (Å²) in [5, 5.41) is 0.707. The topological polar surface area (TPSA) is 54.2 Å². The van der Waals surface area contributed by atoms with E-state index in [4.69, 9.17) is 17.4 Å². The van der Waals surface area contributed by atoms with Gasteiger partial charge in [-0.15, -0.1) is 0 Å². The maximum Gasteiger partial charge on any atom is 0.140 e. The second kappa shape index (κ2) is 5.87. The van der Waals surface area contributed by atoms with Crippen molar-refractivity contribution in [3.8, 4) is 0 Å². The average molecular weight is 269 g/mol. The van der Waals surface area contributed by atoms with Gasteiger partial charge in [0.25, 0.3) is 0 Å². The van der Waals surface area contributed by atoms with Crippen molar-refractivity contribution < 1.29 is 0 Å². The molecule has 18 heavy (non-hydrogen) atoms. The second-order valence-corrected chi connectivity index (χ2v) is 5.48. The van der Waals surface area contributed by atoms with Gasteiger partial charge in [-0.05, 0) is 38.8 Å². The fourth-order valence-electron chi connectivity index (χ4n) is 2.63. The molecular weight excluding hydrogens is 248 g/mol. The highest BCUT2D eigenvalue weighted by Crippen LogP contribution is 2.26. The van der Waals surface area contributed by atoms with Crippen molar-refractivity contribution in [1.29, 1.82) is 0 Å².